The van der Waals surface area contributed by atoms with Crippen LogP contribution in [-0.2, 0) is 5.54 Å². The summed E-state index contributed by atoms with van der Waals surface area (Å²) in [4.78, 5) is 2.49. The van der Waals surface area contributed by atoms with Crippen LogP contribution in [0.1, 0.15) is 32.3 Å². The molecule has 3 heteroatoms. The first-order valence-electron chi connectivity index (χ1n) is 6.73. The fraction of sp³-hybridized carbons (Fsp3) is 0.600. The van der Waals surface area contributed by atoms with Crippen LogP contribution in [0.2, 0.25) is 0 Å². The van der Waals surface area contributed by atoms with Gasteiger partial charge in [-0.15, -0.1) is 0 Å². The molecule has 0 spiro atoms. The molecule has 0 aromatic heterocycles. The van der Waals surface area contributed by atoms with Crippen LogP contribution in [0.4, 0.5) is 0 Å². The van der Waals surface area contributed by atoms with E-state index in [0.717, 1.165) is 24.4 Å². The Labute approximate surface area is 110 Å². The zero-order valence-electron chi connectivity index (χ0n) is 11.6. The molecule has 3 nitrogen and oxygen atoms in total. The van der Waals surface area contributed by atoms with E-state index in [9.17, 15) is 0 Å². The third-order valence-corrected chi connectivity index (χ3v) is 4.25. The molecule has 2 rings (SSSR count). The second kappa shape index (κ2) is 5.29. The predicted molar refractivity (Wildman–Crippen MR) is 74.8 cm³/mol. The second-order valence-corrected chi connectivity index (χ2v) is 5.43. The largest absolute Gasteiger partial charge is 0.497 e. The Kier molecular flexibility index (Phi) is 3.93. The summed E-state index contributed by atoms with van der Waals surface area (Å²) in [6, 6.07) is 8.45. The van der Waals surface area contributed by atoms with Gasteiger partial charge in [0.1, 0.15) is 5.75 Å². The average molecular weight is 248 g/mol. The molecular formula is C15H24N2O. The number of nitrogens with two attached hydrogens (primary N) is 1. The fourth-order valence-electron chi connectivity index (χ4n) is 2.71. The molecule has 2 atom stereocenters. The van der Waals surface area contributed by atoms with E-state index in [1.807, 2.05) is 18.2 Å². The molecule has 1 aromatic rings. The normalized spacial score (nSPS) is 21.6. The summed E-state index contributed by atoms with van der Waals surface area (Å²) in [6.45, 7) is 6.67. The molecule has 2 unspecified atom stereocenters. The minimum absolute atomic E-state index is 0.340. The number of methoxy groups -OCH3 is 1. The van der Waals surface area contributed by atoms with Crippen molar-refractivity contribution < 1.29 is 4.74 Å². The van der Waals surface area contributed by atoms with E-state index >= 15 is 0 Å². The molecule has 0 saturated carbocycles. The lowest BCUT2D eigenvalue weighted by atomic mass is 9.85. The van der Waals surface area contributed by atoms with E-state index < -0.39 is 0 Å². The van der Waals surface area contributed by atoms with Crippen molar-refractivity contribution in [2.24, 2.45) is 5.73 Å². The van der Waals surface area contributed by atoms with Gasteiger partial charge >= 0.3 is 0 Å². The Morgan fingerprint density at radius 1 is 1.33 bits per heavy atom. The number of hydrogen-bond acceptors (Lipinski definition) is 3. The van der Waals surface area contributed by atoms with Gasteiger partial charge in [-0.3, -0.25) is 4.90 Å². The van der Waals surface area contributed by atoms with Crippen LogP contribution in [0.15, 0.2) is 24.3 Å². The van der Waals surface area contributed by atoms with Crippen LogP contribution in [0.5, 0.6) is 5.75 Å². The number of likely N-dealkylation sites (tertiary alicyclic amines) is 1. The summed E-state index contributed by atoms with van der Waals surface area (Å²) in [5, 5.41) is 0. The first-order valence-corrected chi connectivity index (χ1v) is 6.73. The molecule has 0 bridgehead atoms. The molecule has 1 fully saturated rings. The van der Waals surface area contributed by atoms with Crippen LogP contribution in [0.3, 0.4) is 0 Å². The summed E-state index contributed by atoms with van der Waals surface area (Å²) in [5.41, 5.74) is 7.38. The lowest BCUT2D eigenvalue weighted by Gasteiger charge is -2.38. The highest BCUT2D eigenvalue weighted by Gasteiger charge is 2.34. The SMILES string of the molecule is COc1cccc(C(C)(N)C(C)N2CCCC2)c1. The fourth-order valence-corrected chi connectivity index (χ4v) is 2.71. The van der Waals surface area contributed by atoms with Gasteiger partial charge in [0, 0.05) is 6.04 Å². The van der Waals surface area contributed by atoms with E-state index in [-0.39, 0.29) is 5.54 Å². The molecule has 18 heavy (non-hydrogen) atoms. The lowest BCUT2D eigenvalue weighted by Crippen LogP contribution is -2.52. The van der Waals surface area contributed by atoms with Gasteiger partial charge in [-0.25, -0.2) is 0 Å². The first-order chi connectivity index (χ1) is 8.55. The highest BCUT2D eigenvalue weighted by atomic mass is 16.5. The quantitative estimate of drug-likeness (QED) is 0.889. The molecule has 100 valence electrons. The molecule has 2 N–H and O–H groups in total. The van der Waals surface area contributed by atoms with E-state index in [1.165, 1.54) is 12.8 Å². The van der Waals surface area contributed by atoms with Gasteiger partial charge < -0.3 is 10.5 Å². The lowest BCUT2D eigenvalue weighted by molar-refractivity contribution is 0.172. The van der Waals surface area contributed by atoms with Crippen molar-refractivity contribution in [2.45, 2.75) is 38.3 Å². The van der Waals surface area contributed by atoms with E-state index in [2.05, 4.69) is 24.8 Å². The van der Waals surface area contributed by atoms with Gasteiger partial charge in [0.2, 0.25) is 0 Å². The second-order valence-electron chi connectivity index (χ2n) is 5.43. The predicted octanol–water partition coefficient (Wildman–Crippen LogP) is 2.35. The third-order valence-electron chi connectivity index (χ3n) is 4.25. The van der Waals surface area contributed by atoms with Crippen LogP contribution >= 0.6 is 0 Å². The van der Waals surface area contributed by atoms with Crippen molar-refractivity contribution >= 4 is 0 Å². The van der Waals surface area contributed by atoms with Crippen molar-refractivity contribution in [1.29, 1.82) is 0 Å². The van der Waals surface area contributed by atoms with Gasteiger partial charge in [-0.2, -0.15) is 0 Å². The Balaban J connectivity index is 2.22. The van der Waals surface area contributed by atoms with Crippen LogP contribution in [0, 0.1) is 0 Å². The topological polar surface area (TPSA) is 38.5 Å². The van der Waals surface area contributed by atoms with Gasteiger partial charge in [0.05, 0.1) is 12.6 Å². The van der Waals surface area contributed by atoms with Gasteiger partial charge in [-0.1, -0.05) is 12.1 Å². The Hall–Kier alpha value is -1.06. The van der Waals surface area contributed by atoms with Crippen LogP contribution in [0.25, 0.3) is 0 Å². The van der Waals surface area contributed by atoms with Crippen molar-refractivity contribution in [3.63, 3.8) is 0 Å². The smallest absolute Gasteiger partial charge is 0.119 e. The standard InChI is InChI=1S/C15H24N2O/c1-12(17-9-4-5-10-17)15(2,16)13-7-6-8-14(11-13)18-3/h6-8,11-12H,4-5,9-10,16H2,1-3H3. The Morgan fingerprint density at radius 3 is 2.61 bits per heavy atom. The third kappa shape index (κ3) is 2.52. The maximum Gasteiger partial charge on any atom is 0.119 e. The number of ether oxygens (including phenoxy) is 1. The Morgan fingerprint density at radius 2 is 2.00 bits per heavy atom. The zero-order chi connectivity index (χ0) is 13.2. The average Bonchev–Trinajstić information content (AvgIpc) is 2.91. The summed E-state index contributed by atoms with van der Waals surface area (Å²) in [6.07, 6.45) is 2.58. The summed E-state index contributed by atoms with van der Waals surface area (Å²) >= 11 is 0. The molecule has 1 aromatic carbocycles. The molecule has 0 radical (unpaired) electrons. The molecule has 1 aliphatic rings. The molecular weight excluding hydrogens is 224 g/mol. The Bertz CT molecular complexity index is 397. The number of benzene rings is 1. The van der Waals surface area contributed by atoms with Crippen LogP contribution in [-0.4, -0.2) is 31.1 Å². The van der Waals surface area contributed by atoms with E-state index in [1.54, 1.807) is 7.11 Å². The molecule has 1 saturated heterocycles. The maximum absolute atomic E-state index is 6.59. The highest BCUT2D eigenvalue weighted by molar-refractivity contribution is 5.33. The highest BCUT2D eigenvalue weighted by Crippen LogP contribution is 2.29. The summed E-state index contributed by atoms with van der Waals surface area (Å²) in [7, 11) is 1.69. The molecule has 1 heterocycles. The zero-order valence-corrected chi connectivity index (χ0v) is 11.6. The summed E-state index contributed by atoms with van der Waals surface area (Å²) in [5.74, 6) is 0.873. The van der Waals surface area contributed by atoms with Gasteiger partial charge in [-0.05, 0) is 57.5 Å². The minimum Gasteiger partial charge on any atom is -0.497 e. The van der Waals surface area contributed by atoms with Crippen molar-refractivity contribution in [3.8, 4) is 5.75 Å². The first kappa shape index (κ1) is 13.4. The van der Waals surface area contributed by atoms with Crippen molar-refractivity contribution in [3.05, 3.63) is 29.8 Å². The van der Waals surface area contributed by atoms with Gasteiger partial charge in [0.25, 0.3) is 0 Å². The van der Waals surface area contributed by atoms with Crippen molar-refractivity contribution in [1.82, 2.24) is 4.90 Å². The van der Waals surface area contributed by atoms with Gasteiger partial charge in [0.15, 0.2) is 0 Å². The number of rotatable bonds is 4. The molecule has 0 aliphatic carbocycles. The monoisotopic (exact) mass is 248 g/mol. The van der Waals surface area contributed by atoms with Crippen molar-refractivity contribution in [2.75, 3.05) is 20.2 Å². The molecule has 0 amide bonds. The van der Waals surface area contributed by atoms with Crippen LogP contribution < -0.4 is 10.5 Å². The summed E-state index contributed by atoms with van der Waals surface area (Å²) < 4.78 is 5.29. The number of hydrogen-bond donors (Lipinski definition) is 1. The number of nitrogens with zero attached hydrogens (tertiary/aromatic N) is 1. The minimum atomic E-state index is -0.348. The molecule has 1 aliphatic heterocycles. The van der Waals surface area contributed by atoms with E-state index in [4.69, 9.17) is 10.5 Å². The van der Waals surface area contributed by atoms with E-state index in [0.29, 0.717) is 6.04 Å². The maximum atomic E-state index is 6.59.